The molecular formula is C11H19N3O2. The van der Waals surface area contributed by atoms with Crippen LogP contribution in [0.2, 0.25) is 0 Å². The fraction of sp³-hybridized carbons (Fsp3) is 0.545. The molecule has 0 aromatic carbocycles. The Morgan fingerprint density at radius 3 is 2.75 bits per heavy atom. The molecular weight excluding hydrogens is 206 g/mol. The molecule has 0 bridgehead atoms. The summed E-state index contributed by atoms with van der Waals surface area (Å²) >= 11 is 0. The van der Waals surface area contributed by atoms with Gasteiger partial charge in [0.05, 0.1) is 18.6 Å². The first-order valence-corrected chi connectivity index (χ1v) is 5.28. The topological polar surface area (TPSA) is 71.5 Å². The lowest BCUT2D eigenvalue weighted by Crippen LogP contribution is -2.50. The molecule has 0 saturated carbocycles. The molecule has 0 aliphatic heterocycles. The van der Waals surface area contributed by atoms with E-state index in [0.29, 0.717) is 6.54 Å². The van der Waals surface area contributed by atoms with Gasteiger partial charge in [0.1, 0.15) is 0 Å². The van der Waals surface area contributed by atoms with Gasteiger partial charge in [-0.25, -0.2) is 5.84 Å². The molecule has 1 aromatic heterocycles. The number of likely N-dealkylation sites (N-methyl/N-ethyl adjacent to an activating group) is 1. The second-order valence-electron chi connectivity index (χ2n) is 4.24. The molecule has 0 aliphatic rings. The van der Waals surface area contributed by atoms with Crippen LogP contribution in [0.1, 0.15) is 19.4 Å². The summed E-state index contributed by atoms with van der Waals surface area (Å²) < 4.78 is 4.99. The molecule has 5 heteroatoms. The number of rotatable bonds is 5. The third-order valence-electron chi connectivity index (χ3n) is 2.53. The minimum Gasteiger partial charge on any atom is -0.472 e. The first-order chi connectivity index (χ1) is 7.56. The van der Waals surface area contributed by atoms with Crippen LogP contribution in [0.4, 0.5) is 0 Å². The average Bonchev–Trinajstić information content (AvgIpc) is 2.69. The zero-order valence-electron chi connectivity index (χ0n) is 9.93. The number of amides is 1. The lowest BCUT2D eigenvalue weighted by molar-refractivity contribution is -0.127. The molecule has 1 rings (SSSR count). The number of hydrazine groups is 1. The molecule has 16 heavy (non-hydrogen) atoms. The lowest BCUT2D eigenvalue weighted by atomic mass is 10.0. The monoisotopic (exact) mass is 225 g/mol. The molecule has 0 spiro atoms. The summed E-state index contributed by atoms with van der Waals surface area (Å²) in [6, 6.07) is 1.65. The minimum atomic E-state index is -0.236. The maximum Gasteiger partial charge on any atom is 0.251 e. The van der Waals surface area contributed by atoms with Crippen LogP contribution in [0.25, 0.3) is 0 Å². The number of hydrogen-bond acceptors (Lipinski definition) is 4. The SMILES string of the molecule is CC(C)C(C(=O)NN)N(C)Cc1ccoc1. The zero-order valence-corrected chi connectivity index (χ0v) is 9.93. The molecule has 5 nitrogen and oxygen atoms in total. The molecule has 1 amide bonds. The first kappa shape index (κ1) is 12.7. The van der Waals surface area contributed by atoms with Gasteiger partial charge in [0, 0.05) is 12.1 Å². The maximum absolute atomic E-state index is 11.6. The average molecular weight is 225 g/mol. The van der Waals surface area contributed by atoms with Gasteiger partial charge >= 0.3 is 0 Å². The Kier molecular flexibility index (Phi) is 4.52. The Labute approximate surface area is 95.6 Å². The molecule has 1 heterocycles. The molecule has 0 aliphatic carbocycles. The fourth-order valence-electron chi connectivity index (χ4n) is 1.87. The number of hydrogen-bond donors (Lipinski definition) is 2. The van der Waals surface area contributed by atoms with Crippen LogP contribution >= 0.6 is 0 Å². The van der Waals surface area contributed by atoms with E-state index >= 15 is 0 Å². The predicted molar refractivity (Wildman–Crippen MR) is 61.1 cm³/mol. The van der Waals surface area contributed by atoms with E-state index in [1.807, 2.05) is 31.9 Å². The second-order valence-corrected chi connectivity index (χ2v) is 4.24. The van der Waals surface area contributed by atoms with Crippen LogP contribution in [-0.2, 0) is 11.3 Å². The summed E-state index contributed by atoms with van der Waals surface area (Å²) in [6.07, 6.45) is 3.30. The van der Waals surface area contributed by atoms with E-state index in [0.717, 1.165) is 5.56 Å². The van der Waals surface area contributed by atoms with Crippen molar-refractivity contribution in [3.8, 4) is 0 Å². The zero-order chi connectivity index (χ0) is 12.1. The standard InChI is InChI=1S/C11H19N3O2/c1-8(2)10(11(15)13-12)14(3)6-9-4-5-16-7-9/h4-5,7-8,10H,6,12H2,1-3H3,(H,13,15). The maximum atomic E-state index is 11.6. The highest BCUT2D eigenvalue weighted by molar-refractivity contribution is 5.81. The van der Waals surface area contributed by atoms with Crippen molar-refractivity contribution < 1.29 is 9.21 Å². The molecule has 1 aromatic rings. The van der Waals surface area contributed by atoms with Crippen molar-refractivity contribution in [2.24, 2.45) is 11.8 Å². The molecule has 0 fully saturated rings. The van der Waals surface area contributed by atoms with Gasteiger partial charge < -0.3 is 4.42 Å². The van der Waals surface area contributed by atoms with Gasteiger partial charge in [-0.1, -0.05) is 13.8 Å². The number of carbonyl (C=O) groups is 1. The first-order valence-electron chi connectivity index (χ1n) is 5.28. The van der Waals surface area contributed by atoms with Crippen LogP contribution in [0, 0.1) is 5.92 Å². The number of nitrogens with one attached hydrogen (secondary N) is 1. The van der Waals surface area contributed by atoms with Gasteiger partial charge in [-0.2, -0.15) is 0 Å². The fourth-order valence-corrected chi connectivity index (χ4v) is 1.87. The van der Waals surface area contributed by atoms with Crippen LogP contribution in [0.5, 0.6) is 0 Å². The van der Waals surface area contributed by atoms with Crippen LogP contribution in [0.15, 0.2) is 23.0 Å². The quantitative estimate of drug-likeness (QED) is 0.440. The van der Waals surface area contributed by atoms with E-state index in [9.17, 15) is 4.79 Å². The van der Waals surface area contributed by atoms with Gasteiger partial charge in [0.15, 0.2) is 0 Å². The molecule has 3 N–H and O–H groups in total. The van der Waals surface area contributed by atoms with Crippen LogP contribution in [0.3, 0.4) is 0 Å². The Morgan fingerprint density at radius 2 is 2.31 bits per heavy atom. The highest BCUT2D eigenvalue weighted by Gasteiger charge is 2.25. The summed E-state index contributed by atoms with van der Waals surface area (Å²) in [4.78, 5) is 13.6. The van der Waals surface area contributed by atoms with Crippen molar-refractivity contribution in [3.05, 3.63) is 24.2 Å². The van der Waals surface area contributed by atoms with Crippen molar-refractivity contribution in [2.75, 3.05) is 7.05 Å². The summed E-state index contributed by atoms with van der Waals surface area (Å²) in [5.74, 6) is 5.21. The van der Waals surface area contributed by atoms with Gasteiger partial charge in [-0.3, -0.25) is 15.1 Å². The molecule has 90 valence electrons. The molecule has 1 atom stereocenters. The molecule has 1 unspecified atom stereocenters. The third kappa shape index (κ3) is 3.08. The highest BCUT2D eigenvalue weighted by atomic mass is 16.3. The normalized spacial score (nSPS) is 13.1. The van der Waals surface area contributed by atoms with Gasteiger partial charge in [0.25, 0.3) is 5.91 Å². The predicted octanol–water partition coefficient (Wildman–Crippen LogP) is 0.726. The summed E-state index contributed by atoms with van der Waals surface area (Å²) in [7, 11) is 1.90. The van der Waals surface area contributed by atoms with Crippen molar-refractivity contribution in [2.45, 2.75) is 26.4 Å². The van der Waals surface area contributed by atoms with Crippen molar-refractivity contribution in [1.29, 1.82) is 0 Å². The number of nitrogens with zero attached hydrogens (tertiary/aromatic N) is 1. The number of furan rings is 1. The second kappa shape index (κ2) is 5.67. The third-order valence-corrected chi connectivity index (χ3v) is 2.53. The number of nitrogens with two attached hydrogens (primary N) is 1. The van der Waals surface area contributed by atoms with E-state index < -0.39 is 0 Å². The Balaban J connectivity index is 2.68. The number of carbonyl (C=O) groups excluding carboxylic acids is 1. The smallest absolute Gasteiger partial charge is 0.251 e. The van der Waals surface area contributed by atoms with E-state index in [1.165, 1.54) is 0 Å². The Morgan fingerprint density at radius 1 is 1.62 bits per heavy atom. The van der Waals surface area contributed by atoms with Gasteiger partial charge in [-0.15, -0.1) is 0 Å². The van der Waals surface area contributed by atoms with Crippen LogP contribution < -0.4 is 11.3 Å². The van der Waals surface area contributed by atoms with E-state index in [-0.39, 0.29) is 17.9 Å². The van der Waals surface area contributed by atoms with E-state index in [4.69, 9.17) is 10.3 Å². The molecule has 0 radical (unpaired) electrons. The minimum absolute atomic E-state index is 0.166. The molecule has 0 saturated heterocycles. The van der Waals surface area contributed by atoms with Gasteiger partial charge in [-0.05, 0) is 19.0 Å². The van der Waals surface area contributed by atoms with Crippen LogP contribution in [-0.4, -0.2) is 23.9 Å². The summed E-state index contributed by atoms with van der Waals surface area (Å²) in [5.41, 5.74) is 3.24. The summed E-state index contributed by atoms with van der Waals surface area (Å²) in [5, 5.41) is 0. The largest absolute Gasteiger partial charge is 0.472 e. The van der Waals surface area contributed by atoms with Gasteiger partial charge in [0.2, 0.25) is 0 Å². The van der Waals surface area contributed by atoms with Crippen molar-refractivity contribution in [3.63, 3.8) is 0 Å². The van der Waals surface area contributed by atoms with E-state index in [2.05, 4.69) is 5.43 Å². The van der Waals surface area contributed by atoms with Crippen molar-refractivity contribution in [1.82, 2.24) is 10.3 Å². The lowest BCUT2D eigenvalue weighted by Gasteiger charge is -2.28. The van der Waals surface area contributed by atoms with Crippen molar-refractivity contribution >= 4 is 5.91 Å². The Hall–Kier alpha value is -1.33. The Bertz CT molecular complexity index is 322. The van der Waals surface area contributed by atoms with E-state index in [1.54, 1.807) is 12.5 Å². The summed E-state index contributed by atoms with van der Waals surface area (Å²) in [6.45, 7) is 4.64. The highest BCUT2D eigenvalue weighted by Crippen LogP contribution is 2.13.